The number of rotatable bonds is 7. The zero-order valence-electron chi connectivity index (χ0n) is 19.8. The second-order valence-corrected chi connectivity index (χ2v) is 12.6. The predicted octanol–water partition coefficient (Wildman–Crippen LogP) is 5.38. The molecule has 0 radical (unpaired) electrons. The predicted molar refractivity (Wildman–Crippen MR) is 138 cm³/mol. The topological polar surface area (TPSA) is 59.4 Å². The number of benzene rings is 2. The molecule has 0 amide bonds. The van der Waals surface area contributed by atoms with Crippen molar-refractivity contribution in [1.29, 1.82) is 0 Å². The summed E-state index contributed by atoms with van der Waals surface area (Å²) in [5.74, 6) is 0.265. The Kier molecular flexibility index (Phi) is 6.34. The Morgan fingerprint density at radius 2 is 1.71 bits per heavy atom. The molecule has 2 bridgehead atoms. The first-order valence-corrected chi connectivity index (χ1v) is 14.5. The van der Waals surface area contributed by atoms with E-state index in [1.807, 2.05) is 49.4 Å². The third-order valence-corrected chi connectivity index (χ3v) is 8.76. The number of carbonyl (C=O) groups excluding carboxylic acids is 1. The summed E-state index contributed by atoms with van der Waals surface area (Å²) in [4.78, 5) is 16.2. The Balaban J connectivity index is 1.57. The molecule has 2 fully saturated rings. The maximum Gasteiger partial charge on any atom is 0.179 e. The van der Waals surface area contributed by atoms with Gasteiger partial charge in [-0.2, -0.15) is 0 Å². The van der Waals surface area contributed by atoms with Gasteiger partial charge in [0.15, 0.2) is 5.78 Å². The van der Waals surface area contributed by atoms with E-state index >= 15 is 0 Å². The van der Waals surface area contributed by atoms with Crippen LogP contribution in [0, 0.1) is 6.92 Å². The molecule has 7 heteroatoms. The van der Waals surface area contributed by atoms with Crippen molar-refractivity contribution in [2.45, 2.75) is 57.5 Å². The second kappa shape index (κ2) is 9.14. The van der Waals surface area contributed by atoms with E-state index in [9.17, 15) is 13.2 Å². The van der Waals surface area contributed by atoms with Gasteiger partial charge in [0.1, 0.15) is 9.84 Å². The largest absolute Gasteiger partial charge is 0.313 e. The van der Waals surface area contributed by atoms with E-state index in [0.29, 0.717) is 30.1 Å². The average molecular weight is 499 g/mol. The molecule has 180 valence electrons. The molecule has 1 aromatic heterocycles. The summed E-state index contributed by atoms with van der Waals surface area (Å²) in [5.41, 5.74) is 4.48. The third-order valence-electron chi connectivity index (χ3n) is 7.57. The standard InChI is InChI=1S/C27H31ClN2O3S/c1-18-27(26(31)17-29-21-4-3-5-22(29)12-11-21)24-13-6-19(14-15-34(2,32)33)16-25(24)30(18)23-9-7-20(28)8-10-23/h6-10,13,16,21-22H,3-5,11-12,14-15,17H2,1-2H3/t21-,22+. The minimum absolute atomic E-state index is 0.0999. The molecule has 2 aliphatic rings. The molecule has 0 unspecified atom stereocenters. The Labute approximate surface area is 206 Å². The molecule has 2 aliphatic heterocycles. The maximum absolute atomic E-state index is 13.8. The van der Waals surface area contributed by atoms with Gasteiger partial charge in [-0.15, -0.1) is 0 Å². The minimum atomic E-state index is -3.06. The van der Waals surface area contributed by atoms with Gasteiger partial charge in [-0.3, -0.25) is 9.69 Å². The second-order valence-electron chi connectivity index (χ2n) is 9.92. The minimum Gasteiger partial charge on any atom is -0.313 e. The molecule has 34 heavy (non-hydrogen) atoms. The smallest absolute Gasteiger partial charge is 0.179 e. The van der Waals surface area contributed by atoms with Crippen molar-refractivity contribution in [1.82, 2.24) is 9.47 Å². The normalized spacial score (nSPS) is 20.8. The molecule has 2 atom stereocenters. The van der Waals surface area contributed by atoms with E-state index in [1.54, 1.807) is 0 Å². The molecule has 0 aliphatic carbocycles. The highest BCUT2D eigenvalue weighted by Gasteiger charge is 2.38. The summed E-state index contributed by atoms with van der Waals surface area (Å²) in [6.07, 6.45) is 7.76. The lowest BCUT2D eigenvalue weighted by atomic mass is 10.00. The molecule has 3 aromatic rings. The van der Waals surface area contributed by atoms with Gasteiger partial charge in [-0.25, -0.2) is 8.42 Å². The van der Waals surface area contributed by atoms with Gasteiger partial charge in [0, 0.05) is 45.7 Å². The van der Waals surface area contributed by atoms with E-state index in [1.165, 1.54) is 38.4 Å². The maximum atomic E-state index is 13.8. The number of Topliss-reactive ketones (excluding diaryl/α,β-unsaturated/α-hetero) is 1. The number of hydrogen-bond acceptors (Lipinski definition) is 4. The van der Waals surface area contributed by atoms with Gasteiger partial charge in [0.25, 0.3) is 0 Å². The van der Waals surface area contributed by atoms with Gasteiger partial charge >= 0.3 is 0 Å². The molecule has 5 rings (SSSR count). The average Bonchev–Trinajstić information content (AvgIpc) is 3.17. The Hall–Kier alpha value is -2.15. The lowest BCUT2D eigenvalue weighted by molar-refractivity contribution is 0.0828. The molecule has 0 N–H and O–H groups in total. The van der Waals surface area contributed by atoms with E-state index in [2.05, 4.69) is 9.47 Å². The highest BCUT2D eigenvalue weighted by molar-refractivity contribution is 7.90. The molecule has 2 saturated heterocycles. The van der Waals surface area contributed by atoms with E-state index < -0.39 is 9.84 Å². The fraction of sp³-hybridized carbons (Fsp3) is 0.444. The fourth-order valence-corrected chi connectivity index (χ4v) is 6.65. The number of piperidine rings is 1. The third kappa shape index (κ3) is 4.56. The van der Waals surface area contributed by atoms with Crippen LogP contribution in [0.25, 0.3) is 16.6 Å². The number of aromatic nitrogens is 1. The van der Waals surface area contributed by atoms with Crippen LogP contribution in [-0.2, 0) is 16.3 Å². The molecule has 3 heterocycles. The number of halogens is 1. The summed E-state index contributed by atoms with van der Waals surface area (Å²) in [5, 5.41) is 1.58. The van der Waals surface area contributed by atoms with Crippen molar-refractivity contribution in [2.75, 3.05) is 18.6 Å². The SMILES string of the molecule is Cc1c(C(=O)CN2[C@@H]3CCC[C@H]2CC3)c2ccc(CCS(C)(=O)=O)cc2n1-c1ccc(Cl)cc1. The van der Waals surface area contributed by atoms with Crippen LogP contribution < -0.4 is 0 Å². The summed E-state index contributed by atoms with van der Waals surface area (Å²) in [7, 11) is -3.06. The van der Waals surface area contributed by atoms with Gasteiger partial charge in [-0.1, -0.05) is 30.2 Å². The van der Waals surface area contributed by atoms with Gasteiger partial charge in [-0.05, 0) is 74.9 Å². The van der Waals surface area contributed by atoms with Crippen LogP contribution in [0.4, 0.5) is 0 Å². The van der Waals surface area contributed by atoms with Crippen LogP contribution in [0.3, 0.4) is 0 Å². The van der Waals surface area contributed by atoms with Gasteiger partial charge < -0.3 is 4.57 Å². The van der Waals surface area contributed by atoms with E-state index in [4.69, 9.17) is 11.6 Å². The lowest BCUT2D eigenvalue weighted by Crippen LogP contribution is -2.42. The Bertz CT molecular complexity index is 1330. The zero-order chi connectivity index (χ0) is 24.0. The van der Waals surface area contributed by atoms with E-state index in [-0.39, 0.29) is 11.5 Å². The van der Waals surface area contributed by atoms with Crippen LogP contribution >= 0.6 is 11.6 Å². The number of fused-ring (bicyclic) bond motifs is 3. The van der Waals surface area contributed by atoms with Crippen LogP contribution in [-0.4, -0.2) is 54.3 Å². The van der Waals surface area contributed by atoms with Crippen molar-refractivity contribution in [3.8, 4) is 5.69 Å². The highest BCUT2D eigenvalue weighted by atomic mass is 35.5. The van der Waals surface area contributed by atoms with Crippen molar-refractivity contribution < 1.29 is 13.2 Å². The Morgan fingerprint density at radius 3 is 2.35 bits per heavy atom. The number of aryl methyl sites for hydroxylation is 1. The summed E-state index contributed by atoms with van der Waals surface area (Å²) in [6.45, 7) is 2.47. The van der Waals surface area contributed by atoms with Gasteiger partial charge in [0.2, 0.25) is 0 Å². The first kappa shape index (κ1) is 23.6. The fourth-order valence-electron chi connectivity index (χ4n) is 5.92. The quantitative estimate of drug-likeness (QED) is 0.410. The lowest BCUT2D eigenvalue weighted by Gasteiger charge is -2.34. The van der Waals surface area contributed by atoms with Crippen LogP contribution in [0.15, 0.2) is 42.5 Å². The molecular weight excluding hydrogens is 468 g/mol. The number of nitrogens with zero attached hydrogens (tertiary/aromatic N) is 2. The summed E-state index contributed by atoms with van der Waals surface area (Å²) in [6, 6.07) is 14.7. The van der Waals surface area contributed by atoms with Crippen LogP contribution in [0.1, 0.15) is 53.7 Å². The van der Waals surface area contributed by atoms with Crippen molar-refractivity contribution in [3.63, 3.8) is 0 Å². The summed E-state index contributed by atoms with van der Waals surface area (Å²) >= 11 is 6.14. The Morgan fingerprint density at radius 1 is 1.03 bits per heavy atom. The molecule has 2 aromatic carbocycles. The van der Waals surface area contributed by atoms with Crippen LogP contribution in [0.2, 0.25) is 5.02 Å². The molecule has 0 saturated carbocycles. The van der Waals surface area contributed by atoms with Gasteiger partial charge in [0.05, 0.1) is 17.8 Å². The van der Waals surface area contributed by atoms with Crippen molar-refractivity contribution in [3.05, 3.63) is 64.3 Å². The number of sulfone groups is 1. The molecule has 5 nitrogen and oxygen atoms in total. The van der Waals surface area contributed by atoms with E-state index in [0.717, 1.165) is 33.4 Å². The molecule has 0 spiro atoms. The first-order valence-electron chi connectivity index (χ1n) is 12.1. The highest BCUT2D eigenvalue weighted by Crippen LogP contribution is 2.37. The van der Waals surface area contributed by atoms with Crippen molar-refractivity contribution in [2.24, 2.45) is 0 Å². The molecular formula is C27H31ClN2O3S. The van der Waals surface area contributed by atoms with Crippen molar-refractivity contribution >= 4 is 38.1 Å². The number of ketones is 1. The monoisotopic (exact) mass is 498 g/mol. The zero-order valence-corrected chi connectivity index (χ0v) is 21.3. The number of hydrogen-bond donors (Lipinski definition) is 0. The summed E-state index contributed by atoms with van der Waals surface area (Å²) < 4.78 is 25.5. The van der Waals surface area contributed by atoms with Crippen LogP contribution in [0.5, 0.6) is 0 Å². The first-order chi connectivity index (χ1) is 16.2. The number of carbonyl (C=O) groups is 1.